The second-order valence-corrected chi connectivity index (χ2v) is 8.44. The van der Waals surface area contributed by atoms with E-state index >= 15 is 0 Å². The Morgan fingerprint density at radius 1 is 0.914 bits per heavy atom. The third-order valence-electron chi connectivity index (χ3n) is 6.13. The number of methoxy groups -OCH3 is 2. The summed E-state index contributed by atoms with van der Waals surface area (Å²) >= 11 is 0. The Bertz CT molecular complexity index is 1190. The molecule has 0 fully saturated rings. The molecule has 0 unspecified atom stereocenters. The van der Waals surface area contributed by atoms with Gasteiger partial charge in [0.05, 0.1) is 14.2 Å². The molecule has 2 N–H and O–H groups in total. The zero-order valence-electron chi connectivity index (χ0n) is 20.2. The number of carbonyl (C=O) groups is 2. The number of urea groups is 1. The van der Waals surface area contributed by atoms with Crippen LogP contribution in [0.3, 0.4) is 0 Å². The van der Waals surface area contributed by atoms with Crippen LogP contribution in [0.1, 0.15) is 34.3 Å². The topological polar surface area (TPSA) is 79.9 Å². The van der Waals surface area contributed by atoms with Crippen molar-refractivity contribution in [3.8, 4) is 11.5 Å². The third kappa shape index (κ3) is 5.93. The zero-order valence-corrected chi connectivity index (χ0v) is 20.2. The molecule has 0 spiro atoms. The smallest absolute Gasteiger partial charge is 0.326 e. The first-order valence-electron chi connectivity index (χ1n) is 11.8. The Kier molecular flexibility index (Phi) is 7.88. The minimum absolute atomic E-state index is 0.189. The van der Waals surface area contributed by atoms with Gasteiger partial charge in [-0.1, -0.05) is 30.3 Å². The van der Waals surface area contributed by atoms with E-state index in [0.29, 0.717) is 42.3 Å². The van der Waals surface area contributed by atoms with Gasteiger partial charge in [-0.2, -0.15) is 0 Å². The second-order valence-electron chi connectivity index (χ2n) is 8.44. The van der Waals surface area contributed by atoms with Crippen molar-refractivity contribution in [2.24, 2.45) is 0 Å². The first-order chi connectivity index (χ1) is 17.1. The average Bonchev–Trinajstić information content (AvgIpc) is 3.11. The monoisotopic (exact) mass is 473 g/mol. The van der Waals surface area contributed by atoms with E-state index in [1.807, 2.05) is 36.4 Å². The quantitative estimate of drug-likeness (QED) is 0.503. The molecule has 0 aromatic heterocycles. The molecule has 35 heavy (non-hydrogen) atoms. The highest BCUT2D eigenvalue weighted by Crippen LogP contribution is 2.28. The number of hydrogen-bond acceptors (Lipinski definition) is 4. The lowest BCUT2D eigenvalue weighted by Gasteiger charge is -2.23. The molecular weight excluding hydrogens is 442 g/mol. The standard InChI is InChI=1S/C28H31N3O4/c1-34-25-14-13-20(18-26(25)35-2)15-16-29-27(32)22-10-7-11-23(19-22)30-28(33)31-17-6-5-9-21-8-3-4-12-24(21)31/h3-4,7-8,10-14,18-19H,5-6,9,15-17H2,1-2H3,(H,29,32)(H,30,33). The van der Waals surface area contributed by atoms with Gasteiger partial charge in [-0.15, -0.1) is 0 Å². The van der Waals surface area contributed by atoms with Crippen LogP contribution in [-0.4, -0.2) is 39.2 Å². The van der Waals surface area contributed by atoms with Crippen LogP contribution in [0, 0.1) is 0 Å². The summed E-state index contributed by atoms with van der Waals surface area (Å²) < 4.78 is 10.6. The fraction of sp³-hybridized carbons (Fsp3) is 0.286. The summed E-state index contributed by atoms with van der Waals surface area (Å²) in [4.78, 5) is 27.6. The number of aryl methyl sites for hydroxylation is 1. The largest absolute Gasteiger partial charge is 0.493 e. The van der Waals surface area contributed by atoms with E-state index in [1.165, 1.54) is 5.56 Å². The fourth-order valence-corrected chi connectivity index (χ4v) is 4.29. The molecule has 1 aliphatic rings. The number of hydrogen-bond donors (Lipinski definition) is 2. The van der Waals surface area contributed by atoms with E-state index in [0.717, 1.165) is 30.5 Å². The summed E-state index contributed by atoms with van der Waals surface area (Å²) in [6.45, 7) is 1.13. The number of benzene rings is 3. The molecule has 3 aromatic rings. The number of carbonyl (C=O) groups excluding carboxylic acids is 2. The molecule has 3 amide bonds. The molecule has 0 radical (unpaired) electrons. The van der Waals surface area contributed by atoms with Crippen LogP contribution >= 0.6 is 0 Å². The van der Waals surface area contributed by atoms with Crippen molar-refractivity contribution < 1.29 is 19.1 Å². The Morgan fingerprint density at radius 2 is 1.74 bits per heavy atom. The number of anilines is 2. The Balaban J connectivity index is 1.36. The summed E-state index contributed by atoms with van der Waals surface area (Å²) in [7, 11) is 3.20. The van der Waals surface area contributed by atoms with Crippen molar-refractivity contribution in [1.29, 1.82) is 0 Å². The fourth-order valence-electron chi connectivity index (χ4n) is 4.29. The minimum atomic E-state index is -0.193. The Labute approximate surface area is 206 Å². The van der Waals surface area contributed by atoms with Crippen molar-refractivity contribution in [3.05, 3.63) is 83.4 Å². The number of amides is 3. The highest BCUT2D eigenvalue weighted by Gasteiger charge is 2.21. The molecule has 7 nitrogen and oxygen atoms in total. The maximum Gasteiger partial charge on any atom is 0.326 e. The maximum atomic E-state index is 13.1. The van der Waals surface area contributed by atoms with Gasteiger partial charge in [0.25, 0.3) is 5.91 Å². The lowest BCUT2D eigenvalue weighted by molar-refractivity contribution is 0.0954. The normalized spacial score (nSPS) is 12.8. The van der Waals surface area contributed by atoms with Gasteiger partial charge in [0, 0.05) is 30.0 Å². The highest BCUT2D eigenvalue weighted by atomic mass is 16.5. The van der Waals surface area contributed by atoms with Crippen molar-refractivity contribution >= 4 is 23.3 Å². The molecule has 182 valence electrons. The van der Waals surface area contributed by atoms with E-state index in [1.54, 1.807) is 43.4 Å². The molecule has 4 rings (SSSR count). The molecular formula is C28H31N3O4. The SMILES string of the molecule is COc1ccc(CCNC(=O)c2cccc(NC(=O)N3CCCCc4ccccc43)c2)cc1OC. The molecule has 7 heteroatoms. The molecule has 1 aliphatic heterocycles. The van der Waals surface area contributed by atoms with Gasteiger partial charge in [-0.3, -0.25) is 9.69 Å². The summed E-state index contributed by atoms with van der Waals surface area (Å²) in [6.07, 6.45) is 3.63. The molecule has 0 bridgehead atoms. The lowest BCUT2D eigenvalue weighted by Crippen LogP contribution is -2.35. The van der Waals surface area contributed by atoms with Gasteiger partial charge in [-0.05, 0) is 73.2 Å². The van der Waals surface area contributed by atoms with Crippen molar-refractivity contribution in [1.82, 2.24) is 5.32 Å². The number of ether oxygens (including phenoxy) is 2. The summed E-state index contributed by atoms with van der Waals surface area (Å²) in [5.74, 6) is 1.14. The molecule has 0 aliphatic carbocycles. The van der Waals surface area contributed by atoms with E-state index in [2.05, 4.69) is 16.7 Å². The van der Waals surface area contributed by atoms with Gasteiger partial charge in [0.1, 0.15) is 0 Å². The van der Waals surface area contributed by atoms with E-state index < -0.39 is 0 Å². The zero-order chi connectivity index (χ0) is 24.6. The Hall–Kier alpha value is -4.00. The molecule has 0 saturated carbocycles. The first kappa shape index (κ1) is 24.1. The van der Waals surface area contributed by atoms with Crippen LogP contribution in [-0.2, 0) is 12.8 Å². The van der Waals surface area contributed by atoms with E-state index in [-0.39, 0.29) is 11.9 Å². The van der Waals surface area contributed by atoms with Crippen LogP contribution in [0.2, 0.25) is 0 Å². The predicted octanol–water partition coefficient (Wildman–Crippen LogP) is 5.05. The summed E-state index contributed by atoms with van der Waals surface area (Å²) in [5, 5.41) is 5.91. The lowest BCUT2D eigenvalue weighted by atomic mass is 10.1. The van der Waals surface area contributed by atoms with Crippen molar-refractivity contribution in [3.63, 3.8) is 0 Å². The van der Waals surface area contributed by atoms with E-state index in [9.17, 15) is 9.59 Å². The van der Waals surface area contributed by atoms with Gasteiger partial charge in [0.2, 0.25) is 0 Å². The third-order valence-corrected chi connectivity index (χ3v) is 6.13. The summed E-state index contributed by atoms with van der Waals surface area (Å²) in [5.41, 5.74) is 4.24. The van der Waals surface area contributed by atoms with Crippen LogP contribution in [0.15, 0.2) is 66.7 Å². The van der Waals surface area contributed by atoms with Crippen LogP contribution < -0.4 is 25.0 Å². The average molecular weight is 474 g/mol. The number of fused-ring (bicyclic) bond motifs is 1. The predicted molar refractivity (Wildman–Crippen MR) is 138 cm³/mol. The number of nitrogens with one attached hydrogen (secondary N) is 2. The van der Waals surface area contributed by atoms with Crippen LogP contribution in [0.5, 0.6) is 11.5 Å². The summed E-state index contributed by atoms with van der Waals surface area (Å²) in [6, 6.07) is 20.6. The second kappa shape index (κ2) is 11.4. The van der Waals surface area contributed by atoms with Gasteiger partial charge in [0.15, 0.2) is 11.5 Å². The van der Waals surface area contributed by atoms with Gasteiger partial charge >= 0.3 is 6.03 Å². The van der Waals surface area contributed by atoms with E-state index in [4.69, 9.17) is 9.47 Å². The molecule has 0 atom stereocenters. The van der Waals surface area contributed by atoms with Crippen molar-refractivity contribution in [2.75, 3.05) is 37.5 Å². The first-order valence-corrected chi connectivity index (χ1v) is 11.8. The molecule has 1 heterocycles. The number of nitrogens with zero attached hydrogens (tertiary/aromatic N) is 1. The van der Waals surface area contributed by atoms with Crippen LogP contribution in [0.25, 0.3) is 0 Å². The van der Waals surface area contributed by atoms with Gasteiger partial charge < -0.3 is 20.1 Å². The molecule has 3 aromatic carbocycles. The number of rotatable bonds is 7. The minimum Gasteiger partial charge on any atom is -0.493 e. The highest BCUT2D eigenvalue weighted by molar-refractivity contribution is 6.03. The van der Waals surface area contributed by atoms with Gasteiger partial charge in [-0.25, -0.2) is 4.79 Å². The number of para-hydroxylation sites is 1. The van der Waals surface area contributed by atoms with Crippen molar-refractivity contribution in [2.45, 2.75) is 25.7 Å². The maximum absolute atomic E-state index is 13.1. The molecule has 0 saturated heterocycles. The Morgan fingerprint density at radius 3 is 2.57 bits per heavy atom. The van der Waals surface area contributed by atoms with Crippen LogP contribution in [0.4, 0.5) is 16.2 Å².